The van der Waals surface area contributed by atoms with E-state index in [1.54, 1.807) is 0 Å². The molecule has 78 valence electrons. The van der Waals surface area contributed by atoms with E-state index in [1.165, 1.54) is 5.56 Å². The van der Waals surface area contributed by atoms with E-state index in [-0.39, 0.29) is 0 Å². The van der Waals surface area contributed by atoms with Crippen LogP contribution >= 0.6 is 11.6 Å². The van der Waals surface area contributed by atoms with Crippen LogP contribution in [0.5, 0.6) is 0 Å². The zero-order valence-electron chi connectivity index (χ0n) is 8.52. The maximum atomic E-state index is 5.93. The van der Waals surface area contributed by atoms with Crippen molar-refractivity contribution in [2.24, 2.45) is 5.73 Å². The SMILES string of the molecule is Cc1cc(CNCCCN)ccc1Cl. The predicted octanol–water partition coefficient (Wildman–Crippen LogP) is 2.09. The molecule has 14 heavy (non-hydrogen) atoms. The molecule has 1 rings (SSSR count). The number of hydrogen-bond acceptors (Lipinski definition) is 2. The van der Waals surface area contributed by atoms with Gasteiger partial charge in [-0.25, -0.2) is 0 Å². The van der Waals surface area contributed by atoms with E-state index in [0.29, 0.717) is 0 Å². The van der Waals surface area contributed by atoms with Crippen LogP contribution in [0.25, 0.3) is 0 Å². The Hall–Kier alpha value is -0.570. The van der Waals surface area contributed by atoms with Crippen molar-refractivity contribution in [2.75, 3.05) is 13.1 Å². The maximum absolute atomic E-state index is 5.93. The van der Waals surface area contributed by atoms with Crippen molar-refractivity contribution in [2.45, 2.75) is 19.9 Å². The maximum Gasteiger partial charge on any atom is 0.0435 e. The Morgan fingerprint density at radius 1 is 1.43 bits per heavy atom. The molecule has 0 radical (unpaired) electrons. The first-order valence-electron chi connectivity index (χ1n) is 4.90. The fourth-order valence-corrected chi connectivity index (χ4v) is 1.39. The molecule has 0 fully saturated rings. The average molecular weight is 213 g/mol. The van der Waals surface area contributed by atoms with Gasteiger partial charge in [-0.2, -0.15) is 0 Å². The van der Waals surface area contributed by atoms with Crippen molar-refractivity contribution >= 4 is 11.6 Å². The molecule has 0 aliphatic rings. The topological polar surface area (TPSA) is 38.0 Å². The zero-order valence-corrected chi connectivity index (χ0v) is 9.27. The molecule has 3 heteroatoms. The smallest absolute Gasteiger partial charge is 0.0435 e. The lowest BCUT2D eigenvalue weighted by atomic mass is 10.1. The lowest BCUT2D eigenvalue weighted by molar-refractivity contribution is 0.655. The number of nitrogens with one attached hydrogen (secondary N) is 1. The number of halogens is 1. The van der Waals surface area contributed by atoms with Crippen LogP contribution in [0, 0.1) is 6.92 Å². The Balaban J connectivity index is 2.39. The van der Waals surface area contributed by atoms with Gasteiger partial charge in [-0.05, 0) is 43.6 Å². The van der Waals surface area contributed by atoms with Gasteiger partial charge in [-0.3, -0.25) is 0 Å². The van der Waals surface area contributed by atoms with Crippen LogP contribution in [-0.4, -0.2) is 13.1 Å². The second-order valence-electron chi connectivity index (χ2n) is 3.40. The molecule has 0 aromatic heterocycles. The standard InChI is InChI=1S/C11H17ClN2/c1-9-7-10(3-4-11(9)12)8-14-6-2-5-13/h3-4,7,14H,2,5-6,8,13H2,1H3. The molecule has 0 atom stereocenters. The summed E-state index contributed by atoms with van der Waals surface area (Å²) in [5.41, 5.74) is 7.79. The van der Waals surface area contributed by atoms with Crippen LogP contribution in [0.1, 0.15) is 17.5 Å². The van der Waals surface area contributed by atoms with Crippen molar-refractivity contribution in [1.29, 1.82) is 0 Å². The summed E-state index contributed by atoms with van der Waals surface area (Å²) in [6.07, 6.45) is 1.02. The van der Waals surface area contributed by atoms with Crippen molar-refractivity contribution in [3.63, 3.8) is 0 Å². The van der Waals surface area contributed by atoms with Crippen LogP contribution < -0.4 is 11.1 Å². The minimum atomic E-state index is 0.743. The molecule has 3 N–H and O–H groups in total. The Bertz CT molecular complexity index is 287. The molecule has 0 unspecified atom stereocenters. The third-order valence-corrected chi connectivity index (χ3v) is 2.53. The summed E-state index contributed by atoms with van der Waals surface area (Å²) >= 11 is 5.93. The van der Waals surface area contributed by atoms with Crippen LogP contribution in [0.3, 0.4) is 0 Å². The second-order valence-corrected chi connectivity index (χ2v) is 3.81. The Labute approximate surface area is 90.4 Å². The minimum absolute atomic E-state index is 0.743. The molecule has 0 aliphatic carbocycles. The van der Waals surface area contributed by atoms with Crippen molar-refractivity contribution in [3.05, 3.63) is 34.3 Å². The summed E-state index contributed by atoms with van der Waals surface area (Å²) in [6, 6.07) is 6.10. The van der Waals surface area contributed by atoms with Crippen molar-refractivity contribution in [3.8, 4) is 0 Å². The van der Waals surface area contributed by atoms with Crippen LogP contribution in [0.15, 0.2) is 18.2 Å². The van der Waals surface area contributed by atoms with Gasteiger partial charge in [-0.15, -0.1) is 0 Å². The van der Waals surface area contributed by atoms with E-state index in [2.05, 4.69) is 11.4 Å². The van der Waals surface area contributed by atoms with E-state index in [0.717, 1.165) is 36.6 Å². The molecule has 0 saturated heterocycles. The third kappa shape index (κ3) is 3.66. The highest BCUT2D eigenvalue weighted by Gasteiger charge is 1.96. The number of hydrogen-bond donors (Lipinski definition) is 2. The summed E-state index contributed by atoms with van der Waals surface area (Å²) < 4.78 is 0. The number of aryl methyl sites for hydroxylation is 1. The Morgan fingerprint density at radius 3 is 2.86 bits per heavy atom. The normalized spacial score (nSPS) is 10.5. The predicted molar refractivity (Wildman–Crippen MR) is 61.6 cm³/mol. The Kier molecular flexibility index (Phi) is 4.94. The van der Waals surface area contributed by atoms with Crippen LogP contribution in [0.2, 0.25) is 5.02 Å². The van der Waals surface area contributed by atoms with Gasteiger partial charge in [0.25, 0.3) is 0 Å². The van der Waals surface area contributed by atoms with E-state index in [9.17, 15) is 0 Å². The first kappa shape index (κ1) is 11.5. The molecule has 0 amide bonds. The van der Waals surface area contributed by atoms with Gasteiger partial charge in [0, 0.05) is 11.6 Å². The number of rotatable bonds is 5. The van der Waals surface area contributed by atoms with Gasteiger partial charge in [0.2, 0.25) is 0 Å². The van der Waals surface area contributed by atoms with Gasteiger partial charge in [0.1, 0.15) is 0 Å². The van der Waals surface area contributed by atoms with Gasteiger partial charge in [0.05, 0.1) is 0 Å². The lowest BCUT2D eigenvalue weighted by Gasteiger charge is -2.05. The monoisotopic (exact) mass is 212 g/mol. The van der Waals surface area contributed by atoms with Crippen LogP contribution in [-0.2, 0) is 6.54 Å². The first-order chi connectivity index (χ1) is 6.74. The Morgan fingerprint density at radius 2 is 2.21 bits per heavy atom. The summed E-state index contributed by atoms with van der Waals surface area (Å²) in [5, 5.41) is 4.16. The zero-order chi connectivity index (χ0) is 10.4. The average Bonchev–Trinajstić information content (AvgIpc) is 2.18. The molecule has 0 spiro atoms. The summed E-state index contributed by atoms with van der Waals surface area (Å²) in [6.45, 7) is 4.62. The highest BCUT2D eigenvalue weighted by atomic mass is 35.5. The highest BCUT2D eigenvalue weighted by Crippen LogP contribution is 2.15. The molecule has 0 bridgehead atoms. The minimum Gasteiger partial charge on any atom is -0.330 e. The third-order valence-electron chi connectivity index (χ3n) is 2.11. The van der Waals surface area contributed by atoms with Gasteiger partial charge >= 0.3 is 0 Å². The highest BCUT2D eigenvalue weighted by molar-refractivity contribution is 6.31. The van der Waals surface area contributed by atoms with Crippen molar-refractivity contribution < 1.29 is 0 Å². The lowest BCUT2D eigenvalue weighted by Crippen LogP contribution is -2.17. The van der Waals surface area contributed by atoms with Gasteiger partial charge < -0.3 is 11.1 Å². The molecule has 1 aromatic carbocycles. The largest absolute Gasteiger partial charge is 0.330 e. The van der Waals surface area contributed by atoms with E-state index < -0.39 is 0 Å². The molecule has 2 nitrogen and oxygen atoms in total. The molecular formula is C11H17ClN2. The van der Waals surface area contributed by atoms with Gasteiger partial charge in [0.15, 0.2) is 0 Å². The molecule has 0 aliphatic heterocycles. The van der Waals surface area contributed by atoms with Gasteiger partial charge in [-0.1, -0.05) is 23.7 Å². The first-order valence-corrected chi connectivity index (χ1v) is 5.27. The number of benzene rings is 1. The van der Waals surface area contributed by atoms with E-state index in [1.807, 2.05) is 19.1 Å². The molecule has 1 aromatic rings. The molecule has 0 heterocycles. The van der Waals surface area contributed by atoms with E-state index >= 15 is 0 Å². The fraction of sp³-hybridized carbons (Fsp3) is 0.455. The molecular weight excluding hydrogens is 196 g/mol. The van der Waals surface area contributed by atoms with E-state index in [4.69, 9.17) is 17.3 Å². The molecule has 0 saturated carbocycles. The number of nitrogens with two attached hydrogens (primary N) is 1. The summed E-state index contributed by atoms with van der Waals surface area (Å²) in [4.78, 5) is 0. The second kappa shape index (κ2) is 6.02. The van der Waals surface area contributed by atoms with Crippen LogP contribution in [0.4, 0.5) is 0 Å². The summed E-state index contributed by atoms with van der Waals surface area (Å²) in [7, 11) is 0. The summed E-state index contributed by atoms with van der Waals surface area (Å²) in [5.74, 6) is 0. The van der Waals surface area contributed by atoms with Crippen molar-refractivity contribution in [1.82, 2.24) is 5.32 Å². The quantitative estimate of drug-likeness (QED) is 0.734. The fourth-order valence-electron chi connectivity index (χ4n) is 1.28.